The molecule has 0 atom stereocenters. The summed E-state index contributed by atoms with van der Waals surface area (Å²) < 4.78 is 9.70. The van der Waals surface area contributed by atoms with Gasteiger partial charge in [0.15, 0.2) is 0 Å². The first-order valence-electron chi connectivity index (χ1n) is 25.3. The van der Waals surface area contributed by atoms with E-state index in [1.165, 1.54) is 54.5 Å². The zero-order valence-electron chi connectivity index (χ0n) is 40.8. The van der Waals surface area contributed by atoms with E-state index in [1.54, 1.807) is 0 Å². The van der Waals surface area contributed by atoms with Crippen LogP contribution in [-0.2, 0) is 0 Å². The third kappa shape index (κ3) is 6.09. The first-order valence-corrected chi connectivity index (χ1v) is 25.3. The number of aryl methyl sites for hydroxylation is 2. The van der Waals surface area contributed by atoms with Crippen LogP contribution in [0.3, 0.4) is 0 Å². The third-order valence-electron chi connectivity index (χ3n) is 15.6. The van der Waals surface area contributed by atoms with Gasteiger partial charge in [-0.3, -0.25) is 0 Å². The van der Waals surface area contributed by atoms with Crippen LogP contribution >= 0.6 is 0 Å². The average Bonchev–Trinajstić information content (AvgIpc) is 4.23. The number of fused-ring (bicyclic) bond motifs is 12. The van der Waals surface area contributed by atoms with E-state index in [2.05, 4.69) is 269 Å². The van der Waals surface area contributed by atoms with Crippen LogP contribution in [0.2, 0.25) is 0 Å². The van der Waals surface area contributed by atoms with Crippen LogP contribution in [0.5, 0.6) is 0 Å². The Morgan fingerprint density at radius 3 is 1.15 bits per heavy atom. The van der Waals surface area contributed by atoms with Gasteiger partial charge in [0, 0.05) is 65.6 Å². The number of benzene rings is 11. The minimum atomic E-state index is 0.593. The highest BCUT2D eigenvalue weighted by atomic mass is 15.0. The molecule has 0 saturated carbocycles. The van der Waals surface area contributed by atoms with E-state index in [0.29, 0.717) is 5.56 Å². The largest absolute Gasteiger partial charge is 0.309 e. The van der Waals surface area contributed by atoms with Crippen molar-refractivity contribution in [1.82, 2.24) is 18.3 Å². The van der Waals surface area contributed by atoms with Gasteiger partial charge in [-0.1, -0.05) is 151 Å². The maximum Gasteiger partial charge on any atom is 0.0992 e. The first-order chi connectivity index (χ1) is 36.5. The Kier molecular flexibility index (Phi) is 9.08. The average molecular weight is 944 g/mol. The van der Waals surface area contributed by atoms with Gasteiger partial charge in [-0.15, -0.1) is 0 Å². The summed E-state index contributed by atoms with van der Waals surface area (Å²) in [5.41, 5.74) is 20.6. The molecule has 15 rings (SSSR count). The predicted octanol–water partition coefficient (Wildman–Crippen LogP) is 17.9. The lowest BCUT2D eigenvalue weighted by Crippen LogP contribution is -2.03. The van der Waals surface area contributed by atoms with E-state index in [1.807, 2.05) is 6.07 Å². The molecule has 0 fully saturated rings. The summed E-state index contributed by atoms with van der Waals surface area (Å²) in [5.74, 6) is 0. The summed E-state index contributed by atoms with van der Waals surface area (Å²) in [6, 6.07) is 88.5. The van der Waals surface area contributed by atoms with Crippen LogP contribution in [-0.4, -0.2) is 18.3 Å². The molecule has 5 nitrogen and oxygen atoms in total. The molecular formula is C69H45N5. The maximum atomic E-state index is 10.8. The van der Waals surface area contributed by atoms with E-state index in [-0.39, 0.29) is 0 Å². The summed E-state index contributed by atoms with van der Waals surface area (Å²) in [4.78, 5) is 0. The molecule has 15 aromatic rings. The van der Waals surface area contributed by atoms with Crippen LogP contribution in [0.1, 0.15) is 16.7 Å². The van der Waals surface area contributed by atoms with Crippen LogP contribution in [0.25, 0.3) is 132 Å². The minimum absolute atomic E-state index is 0.593. The summed E-state index contributed by atoms with van der Waals surface area (Å²) in [6.45, 7) is 4.37. The lowest BCUT2D eigenvalue weighted by Gasteiger charge is -2.20. The molecule has 74 heavy (non-hydrogen) atoms. The molecule has 0 N–H and O–H groups in total. The Hall–Kier alpha value is -9.89. The van der Waals surface area contributed by atoms with Crippen molar-refractivity contribution in [2.24, 2.45) is 0 Å². The molecule has 4 heterocycles. The van der Waals surface area contributed by atoms with Gasteiger partial charge in [-0.2, -0.15) is 5.26 Å². The highest BCUT2D eigenvalue weighted by molar-refractivity contribution is 6.21. The SMILES string of the molecule is Cc1ccc(-c2ccc(-c3ccc(C#N)cc3-n3c4ccccc4c4cc5c6ccccc6n(-c6ccccc6)c5cc43)c(-n3c4ccccc4c4cc5c6ccccc6n(-c6ccccc6)c5cc43)c2)c(C)c1. The Balaban J connectivity index is 1.07. The summed E-state index contributed by atoms with van der Waals surface area (Å²) in [6.07, 6.45) is 0. The molecule has 0 aliphatic rings. The van der Waals surface area contributed by atoms with Gasteiger partial charge >= 0.3 is 0 Å². The van der Waals surface area contributed by atoms with E-state index in [4.69, 9.17) is 0 Å². The van der Waals surface area contributed by atoms with Crippen molar-refractivity contribution < 1.29 is 0 Å². The van der Waals surface area contributed by atoms with Gasteiger partial charge in [0.25, 0.3) is 0 Å². The monoisotopic (exact) mass is 943 g/mol. The highest BCUT2D eigenvalue weighted by Crippen LogP contribution is 2.46. The van der Waals surface area contributed by atoms with Crippen molar-refractivity contribution in [2.75, 3.05) is 0 Å². The Bertz CT molecular complexity index is 4860. The van der Waals surface area contributed by atoms with Crippen molar-refractivity contribution >= 4 is 87.2 Å². The number of para-hydroxylation sites is 6. The zero-order valence-corrected chi connectivity index (χ0v) is 40.8. The van der Waals surface area contributed by atoms with E-state index in [9.17, 15) is 5.26 Å². The van der Waals surface area contributed by atoms with Crippen LogP contribution in [0.4, 0.5) is 0 Å². The van der Waals surface area contributed by atoms with Crippen molar-refractivity contribution in [2.45, 2.75) is 13.8 Å². The molecule has 0 radical (unpaired) electrons. The lowest BCUT2D eigenvalue weighted by molar-refractivity contribution is 1.15. The van der Waals surface area contributed by atoms with Crippen LogP contribution in [0, 0.1) is 25.2 Å². The predicted molar refractivity (Wildman–Crippen MR) is 309 cm³/mol. The Morgan fingerprint density at radius 2 is 0.689 bits per heavy atom. The molecule has 5 heteroatoms. The molecule has 0 bridgehead atoms. The van der Waals surface area contributed by atoms with Gasteiger partial charge < -0.3 is 18.3 Å². The Morgan fingerprint density at radius 1 is 0.297 bits per heavy atom. The van der Waals surface area contributed by atoms with Crippen LogP contribution < -0.4 is 0 Å². The van der Waals surface area contributed by atoms with Crippen molar-refractivity contribution in [3.63, 3.8) is 0 Å². The molecular weight excluding hydrogens is 899 g/mol. The van der Waals surface area contributed by atoms with Gasteiger partial charge in [-0.25, -0.2) is 0 Å². The second-order valence-electron chi connectivity index (χ2n) is 19.7. The molecule has 11 aromatic carbocycles. The van der Waals surface area contributed by atoms with Gasteiger partial charge in [0.05, 0.1) is 67.1 Å². The summed E-state index contributed by atoms with van der Waals surface area (Å²) in [7, 11) is 0. The van der Waals surface area contributed by atoms with E-state index >= 15 is 0 Å². The number of nitriles is 1. The lowest BCUT2D eigenvalue weighted by atomic mass is 9.93. The second-order valence-corrected chi connectivity index (χ2v) is 19.7. The van der Waals surface area contributed by atoms with Crippen LogP contribution in [0.15, 0.2) is 237 Å². The van der Waals surface area contributed by atoms with E-state index < -0.39 is 0 Å². The maximum absolute atomic E-state index is 10.8. The molecule has 0 saturated heterocycles. The van der Waals surface area contributed by atoms with Gasteiger partial charge in [0.2, 0.25) is 0 Å². The molecule has 346 valence electrons. The topological polar surface area (TPSA) is 43.5 Å². The molecule has 0 aliphatic heterocycles. The fourth-order valence-electron chi connectivity index (χ4n) is 12.4. The number of hydrogen-bond donors (Lipinski definition) is 0. The molecule has 0 spiro atoms. The highest BCUT2D eigenvalue weighted by Gasteiger charge is 2.25. The number of rotatable bonds is 6. The fraction of sp³-hybridized carbons (Fsp3) is 0.0290. The second kappa shape index (κ2) is 16.1. The Labute approximate surface area is 426 Å². The molecule has 0 aliphatic carbocycles. The van der Waals surface area contributed by atoms with Gasteiger partial charge in [-0.05, 0) is 122 Å². The molecule has 4 aromatic heterocycles. The zero-order chi connectivity index (χ0) is 49.2. The quantitative estimate of drug-likeness (QED) is 0.164. The number of hydrogen-bond acceptors (Lipinski definition) is 1. The summed E-state index contributed by atoms with van der Waals surface area (Å²) >= 11 is 0. The van der Waals surface area contributed by atoms with Crippen molar-refractivity contribution in [3.8, 4) is 51.1 Å². The molecule has 0 amide bonds. The number of aromatic nitrogens is 4. The standard InChI is InChI=1S/C69H45N5/c1-43-29-32-49(44(2)35-43)46-31-34-55(65(37-46)74-63-28-16-12-24-53(63)59-39-57-51-22-10-14-26-61(51)72(67(57)41-69(59)74)48-19-7-4-8-20-48)54-33-30-45(42-70)36-64(54)73-62-27-15-11-23-52(62)58-38-56-50-21-9-13-25-60(50)71(66(56)40-68(58)73)47-17-5-3-6-18-47/h3-41H,1-2H3. The van der Waals surface area contributed by atoms with E-state index in [0.717, 1.165) is 88.8 Å². The van der Waals surface area contributed by atoms with Gasteiger partial charge in [0.1, 0.15) is 0 Å². The fourth-order valence-corrected chi connectivity index (χ4v) is 12.4. The first kappa shape index (κ1) is 41.9. The van der Waals surface area contributed by atoms with Crippen molar-refractivity contribution in [1.29, 1.82) is 5.26 Å². The minimum Gasteiger partial charge on any atom is -0.309 e. The molecule has 0 unspecified atom stereocenters. The van der Waals surface area contributed by atoms with Crippen molar-refractivity contribution in [3.05, 3.63) is 253 Å². The summed E-state index contributed by atoms with van der Waals surface area (Å²) in [5, 5.41) is 20.3. The third-order valence-corrected chi connectivity index (χ3v) is 15.6. The smallest absolute Gasteiger partial charge is 0.0992 e. The normalized spacial score (nSPS) is 11.9. The number of nitrogens with zero attached hydrogens (tertiary/aromatic N) is 5.